The maximum Gasteiger partial charge on any atom is 0.315 e. The van der Waals surface area contributed by atoms with Crippen molar-refractivity contribution in [2.24, 2.45) is 0 Å². The number of nitrogens with one attached hydrogen (secondary N) is 3. The van der Waals surface area contributed by atoms with Gasteiger partial charge in [0.2, 0.25) is 5.91 Å². The van der Waals surface area contributed by atoms with Crippen molar-refractivity contribution in [3.05, 3.63) is 0 Å². The van der Waals surface area contributed by atoms with Crippen molar-refractivity contribution in [1.82, 2.24) is 16.0 Å². The van der Waals surface area contributed by atoms with Crippen molar-refractivity contribution >= 4 is 11.9 Å². The average Bonchev–Trinajstić information content (AvgIpc) is 2.29. The van der Waals surface area contributed by atoms with Crippen LogP contribution in [-0.2, 0) is 4.79 Å². The van der Waals surface area contributed by atoms with Crippen molar-refractivity contribution in [3.8, 4) is 0 Å². The van der Waals surface area contributed by atoms with E-state index in [9.17, 15) is 9.59 Å². The molecule has 0 aromatic heterocycles. The van der Waals surface area contributed by atoms with Gasteiger partial charge in [0.05, 0.1) is 0 Å². The minimum atomic E-state index is -0.252. The zero-order valence-corrected chi connectivity index (χ0v) is 14.6. The molecule has 5 heteroatoms. The Balaban J connectivity index is 3.89. The van der Waals surface area contributed by atoms with Crippen LogP contribution in [0, 0.1) is 0 Å². The molecule has 0 spiro atoms. The van der Waals surface area contributed by atoms with E-state index in [0.717, 1.165) is 25.7 Å². The normalized spacial score (nSPS) is 11.9. The summed E-state index contributed by atoms with van der Waals surface area (Å²) in [6.45, 7) is 12.7. The standard InChI is InChI=1S/C16H33N3O2/c1-7-12-17-14(21)19-16(5,6)11-9-8-10-13(20)18-15(2,3)4/h7-12H2,1-6H3,(H,18,20)(H2,17,19,21). The molecule has 3 N–H and O–H groups in total. The molecule has 0 saturated heterocycles. The fraction of sp³-hybridized carbons (Fsp3) is 0.875. The number of amides is 3. The summed E-state index contributed by atoms with van der Waals surface area (Å²) in [6, 6.07) is -0.118. The minimum Gasteiger partial charge on any atom is -0.352 e. The summed E-state index contributed by atoms with van der Waals surface area (Å²) in [4.78, 5) is 23.3. The topological polar surface area (TPSA) is 70.2 Å². The summed E-state index contributed by atoms with van der Waals surface area (Å²) in [5.74, 6) is 0.0916. The molecule has 0 unspecified atom stereocenters. The Hall–Kier alpha value is -1.26. The first kappa shape index (κ1) is 19.7. The van der Waals surface area contributed by atoms with Crippen LogP contribution in [0.1, 0.15) is 73.6 Å². The van der Waals surface area contributed by atoms with Crippen LogP contribution in [0.4, 0.5) is 4.79 Å². The molecule has 0 aliphatic heterocycles. The Bertz CT molecular complexity index is 333. The summed E-state index contributed by atoms with van der Waals surface area (Å²) in [5.41, 5.74) is -0.423. The minimum absolute atomic E-state index is 0.0916. The number of unbranched alkanes of at least 4 members (excludes halogenated alkanes) is 1. The van der Waals surface area contributed by atoms with Crippen molar-refractivity contribution in [1.29, 1.82) is 0 Å². The van der Waals surface area contributed by atoms with Crippen LogP contribution in [0.25, 0.3) is 0 Å². The zero-order chi connectivity index (χ0) is 16.5. The van der Waals surface area contributed by atoms with E-state index in [1.54, 1.807) is 0 Å². The zero-order valence-electron chi connectivity index (χ0n) is 14.6. The van der Waals surface area contributed by atoms with Gasteiger partial charge in [-0.2, -0.15) is 0 Å². The fourth-order valence-electron chi connectivity index (χ4n) is 1.99. The predicted octanol–water partition coefficient (Wildman–Crippen LogP) is 2.95. The molecule has 0 aliphatic carbocycles. The van der Waals surface area contributed by atoms with Crippen LogP contribution in [0.3, 0.4) is 0 Å². The van der Waals surface area contributed by atoms with Crippen molar-refractivity contribution < 1.29 is 9.59 Å². The average molecular weight is 299 g/mol. The summed E-state index contributed by atoms with van der Waals surface area (Å²) in [6.07, 6.45) is 4.07. The summed E-state index contributed by atoms with van der Waals surface area (Å²) >= 11 is 0. The molecule has 124 valence electrons. The van der Waals surface area contributed by atoms with Gasteiger partial charge in [0, 0.05) is 24.0 Å². The first-order valence-electron chi connectivity index (χ1n) is 7.93. The molecule has 0 bridgehead atoms. The lowest BCUT2D eigenvalue weighted by atomic mass is 9.96. The number of hydrogen-bond donors (Lipinski definition) is 3. The van der Waals surface area contributed by atoms with Gasteiger partial charge in [-0.1, -0.05) is 13.3 Å². The van der Waals surface area contributed by atoms with Gasteiger partial charge in [0.25, 0.3) is 0 Å². The molecule has 0 heterocycles. The van der Waals surface area contributed by atoms with Crippen LogP contribution < -0.4 is 16.0 Å². The molecule has 0 atom stereocenters. The van der Waals surface area contributed by atoms with Crippen LogP contribution in [0.2, 0.25) is 0 Å². The number of carbonyl (C=O) groups is 2. The molecule has 0 saturated carbocycles. The van der Waals surface area contributed by atoms with Crippen molar-refractivity contribution in [2.45, 2.75) is 84.7 Å². The monoisotopic (exact) mass is 299 g/mol. The van der Waals surface area contributed by atoms with Gasteiger partial charge in [-0.15, -0.1) is 0 Å². The highest BCUT2D eigenvalue weighted by atomic mass is 16.2. The van der Waals surface area contributed by atoms with Gasteiger partial charge >= 0.3 is 6.03 Å². The first-order valence-corrected chi connectivity index (χ1v) is 7.93. The van der Waals surface area contributed by atoms with E-state index in [1.165, 1.54) is 0 Å². The van der Waals surface area contributed by atoms with Crippen molar-refractivity contribution in [2.75, 3.05) is 6.54 Å². The predicted molar refractivity (Wildman–Crippen MR) is 87.3 cm³/mol. The molecular weight excluding hydrogens is 266 g/mol. The molecule has 0 radical (unpaired) electrons. The SMILES string of the molecule is CCCNC(=O)NC(C)(C)CCCCC(=O)NC(C)(C)C. The lowest BCUT2D eigenvalue weighted by Crippen LogP contribution is -2.48. The smallest absolute Gasteiger partial charge is 0.315 e. The van der Waals surface area contributed by atoms with Crippen LogP contribution >= 0.6 is 0 Å². The molecule has 0 aromatic carbocycles. The third-order valence-electron chi connectivity index (χ3n) is 2.96. The second-order valence-electron chi connectivity index (χ2n) is 7.27. The molecule has 0 aromatic rings. The third-order valence-corrected chi connectivity index (χ3v) is 2.96. The second-order valence-corrected chi connectivity index (χ2v) is 7.27. The highest BCUT2D eigenvalue weighted by molar-refractivity contribution is 5.76. The Kier molecular flexibility index (Phi) is 8.37. The van der Waals surface area contributed by atoms with Crippen LogP contribution in [-0.4, -0.2) is 29.6 Å². The van der Waals surface area contributed by atoms with Gasteiger partial charge < -0.3 is 16.0 Å². The van der Waals surface area contributed by atoms with Crippen molar-refractivity contribution in [3.63, 3.8) is 0 Å². The number of carbonyl (C=O) groups excluding carboxylic acids is 2. The van der Waals surface area contributed by atoms with Gasteiger partial charge in [-0.3, -0.25) is 4.79 Å². The number of hydrogen-bond acceptors (Lipinski definition) is 2. The largest absolute Gasteiger partial charge is 0.352 e. The highest BCUT2D eigenvalue weighted by Gasteiger charge is 2.20. The van der Waals surface area contributed by atoms with Gasteiger partial charge in [0.1, 0.15) is 0 Å². The lowest BCUT2D eigenvalue weighted by Gasteiger charge is -2.26. The van der Waals surface area contributed by atoms with E-state index in [-0.39, 0.29) is 23.0 Å². The summed E-state index contributed by atoms with van der Waals surface area (Å²) < 4.78 is 0. The van der Waals surface area contributed by atoms with E-state index in [0.29, 0.717) is 13.0 Å². The second kappa shape index (κ2) is 8.90. The molecule has 5 nitrogen and oxygen atoms in total. The third kappa shape index (κ3) is 12.2. The van der Waals surface area contributed by atoms with Gasteiger partial charge in [0.15, 0.2) is 0 Å². The van der Waals surface area contributed by atoms with E-state index in [4.69, 9.17) is 0 Å². The highest BCUT2D eigenvalue weighted by Crippen LogP contribution is 2.14. The summed E-state index contributed by atoms with van der Waals surface area (Å²) in [7, 11) is 0. The van der Waals surface area contributed by atoms with Gasteiger partial charge in [-0.05, 0) is 53.9 Å². The fourth-order valence-corrected chi connectivity index (χ4v) is 1.99. The number of rotatable bonds is 8. The first-order chi connectivity index (χ1) is 9.56. The van der Waals surface area contributed by atoms with E-state index in [1.807, 2.05) is 41.5 Å². The Labute approximate surface area is 129 Å². The van der Waals surface area contributed by atoms with E-state index >= 15 is 0 Å². The quantitative estimate of drug-likeness (QED) is 0.603. The maximum atomic E-state index is 11.7. The molecular formula is C16H33N3O2. The molecule has 0 rings (SSSR count). The van der Waals surface area contributed by atoms with Crippen LogP contribution in [0.15, 0.2) is 0 Å². The molecule has 0 fully saturated rings. The lowest BCUT2D eigenvalue weighted by molar-refractivity contribution is -0.122. The molecule has 0 aliphatic rings. The maximum absolute atomic E-state index is 11.7. The molecule has 3 amide bonds. The van der Waals surface area contributed by atoms with Crippen LogP contribution in [0.5, 0.6) is 0 Å². The van der Waals surface area contributed by atoms with Gasteiger partial charge in [-0.25, -0.2) is 4.79 Å². The Morgan fingerprint density at radius 2 is 1.57 bits per heavy atom. The Morgan fingerprint density at radius 3 is 2.10 bits per heavy atom. The molecule has 21 heavy (non-hydrogen) atoms. The number of urea groups is 1. The summed E-state index contributed by atoms with van der Waals surface area (Å²) in [5, 5.41) is 8.73. The van der Waals surface area contributed by atoms with E-state index < -0.39 is 0 Å². The van der Waals surface area contributed by atoms with E-state index in [2.05, 4.69) is 16.0 Å². The Morgan fingerprint density at radius 1 is 0.952 bits per heavy atom.